The maximum atomic E-state index is 4.10. The second-order valence-electron chi connectivity index (χ2n) is 6.43. The standard InChI is InChI=1S/C20H20BrN3/c21-18-6-4-17(5-7-18)20(10-1-11-20)23-14-16-2-8-19(9-3-16)24-13-12-22-15-24/h2-9,12-13,15,23H,1,10-11,14H2. The van der Waals surface area contributed by atoms with Gasteiger partial charge in [0.05, 0.1) is 6.33 Å². The first kappa shape index (κ1) is 15.6. The van der Waals surface area contributed by atoms with E-state index in [-0.39, 0.29) is 5.54 Å². The van der Waals surface area contributed by atoms with Crippen LogP contribution in [0.3, 0.4) is 0 Å². The molecule has 0 atom stereocenters. The normalized spacial score (nSPS) is 15.9. The fraction of sp³-hybridized carbons (Fsp3) is 0.250. The SMILES string of the molecule is Brc1ccc(C2(NCc3ccc(-n4ccnc4)cc3)CCC2)cc1. The molecule has 1 aliphatic carbocycles. The lowest BCUT2D eigenvalue weighted by Gasteiger charge is -2.43. The molecule has 122 valence electrons. The molecule has 1 fully saturated rings. The minimum atomic E-state index is 0.143. The lowest BCUT2D eigenvalue weighted by molar-refractivity contribution is 0.183. The van der Waals surface area contributed by atoms with Gasteiger partial charge in [-0.3, -0.25) is 0 Å². The Kier molecular flexibility index (Phi) is 4.25. The number of imidazole rings is 1. The van der Waals surface area contributed by atoms with Crippen molar-refractivity contribution in [1.29, 1.82) is 0 Å². The van der Waals surface area contributed by atoms with E-state index < -0.39 is 0 Å². The van der Waals surface area contributed by atoms with E-state index in [0.29, 0.717) is 0 Å². The fourth-order valence-electron chi connectivity index (χ4n) is 3.34. The first-order chi connectivity index (χ1) is 11.8. The highest BCUT2D eigenvalue weighted by Gasteiger charge is 2.37. The van der Waals surface area contributed by atoms with E-state index in [1.54, 1.807) is 6.20 Å². The van der Waals surface area contributed by atoms with Crippen LogP contribution in [0.15, 0.2) is 71.7 Å². The Morgan fingerprint density at radius 1 is 1.04 bits per heavy atom. The highest BCUT2D eigenvalue weighted by molar-refractivity contribution is 9.10. The summed E-state index contributed by atoms with van der Waals surface area (Å²) in [7, 11) is 0. The summed E-state index contributed by atoms with van der Waals surface area (Å²) in [6, 6.07) is 17.4. The number of benzene rings is 2. The van der Waals surface area contributed by atoms with Gasteiger partial charge in [0.1, 0.15) is 0 Å². The largest absolute Gasteiger partial charge is 0.306 e. The second kappa shape index (κ2) is 6.54. The fourth-order valence-corrected chi connectivity index (χ4v) is 3.60. The monoisotopic (exact) mass is 381 g/mol. The van der Waals surface area contributed by atoms with Gasteiger partial charge in [-0.2, -0.15) is 0 Å². The number of halogens is 1. The lowest BCUT2D eigenvalue weighted by Crippen LogP contribution is -2.47. The molecule has 3 nitrogen and oxygen atoms in total. The van der Waals surface area contributed by atoms with Crippen LogP contribution < -0.4 is 5.32 Å². The zero-order chi connectivity index (χ0) is 16.4. The summed E-state index contributed by atoms with van der Waals surface area (Å²) >= 11 is 3.52. The minimum absolute atomic E-state index is 0.143. The number of aromatic nitrogens is 2. The third-order valence-electron chi connectivity index (χ3n) is 4.97. The van der Waals surface area contributed by atoms with Gasteiger partial charge >= 0.3 is 0 Å². The van der Waals surface area contributed by atoms with Gasteiger partial charge < -0.3 is 9.88 Å². The van der Waals surface area contributed by atoms with Crippen LogP contribution in [-0.4, -0.2) is 9.55 Å². The number of nitrogens with zero attached hydrogens (tertiary/aromatic N) is 2. The first-order valence-electron chi connectivity index (χ1n) is 8.34. The third-order valence-corrected chi connectivity index (χ3v) is 5.50. The van der Waals surface area contributed by atoms with Crippen molar-refractivity contribution in [2.45, 2.75) is 31.3 Å². The van der Waals surface area contributed by atoms with Gasteiger partial charge in [-0.15, -0.1) is 0 Å². The topological polar surface area (TPSA) is 29.9 Å². The molecule has 0 bridgehead atoms. The van der Waals surface area contributed by atoms with E-state index in [1.165, 1.54) is 30.4 Å². The van der Waals surface area contributed by atoms with E-state index in [0.717, 1.165) is 16.7 Å². The third kappa shape index (κ3) is 3.04. The zero-order valence-electron chi connectivity index (χ0n) is 13.5. The molecule has 24 heavy (non-hydrogen) atoms. The van der Waals surface area contributed by atoms with Gasteiger partial charge in [0.25, 0.3) is 0 Å². The summed E-state index contributed by atoms with van der Waals surface area (Å²) in [4.78, 5) is 4.10. The van der Waals surface area contributed by atoms with E-state index in [4.69, 9.17) is 0 Å². The molecular weight excluding hydrogens is 362 g/mol. The Hall–Kier alpha value is -1.91. The molecule has 2 aromatic carbocycles. The summed E-state index contributed by atoms with van der Waals surface area (Å²) in [5.41, 5.74) is 3.99. The maximum Gasteiger partial charge on any atom is 0.0991 e. The van der Waals surface area contributed by atoms with Gasteiger partial charge in [0.2, 0.25) is 0 Å². The van der Waals surface area contributed by atoms with Crippen LogP contribution in [0.1, 0.15) is 30.4 Å². The van der Waals surface area contributed by atoms with Crippen LogP contribution in [-0.2, 0) is 12.1 Å². The molecule has 1 saturated carbocycles. The molecule has 0 amide bonds. The van der Waals surface area contributed by atoms with Crippen LogP contribution in [0.25, 0.3) is 5.69 Å². The molecule has 0 aliphatic heterocycles. The van der Waals surface area contributed by atoms with Gasteiger partial charge in [-0.1, -0.05) is 40.2 Å². The van der Waals surface area contributed by atoms with Crippen molar-refractivity contribution in [3.05, 3.63) is 82.9 Å². The molecule has 3 aromatic rings. The Morgan fingerprint density at radius 2 is 1.79 bits per heavy atom. The average molecular weight is 382 g/mol. The Balaban J connectivity index is 1.46. The molecule has 4 heteroatoms. The molecule has 0 saturated heterocycles. The van der Waals surface area contributed by atoms with Crippen molar-refractivity contribution in [2.24, 2.45) is 0 Å². The van der Waals surface area contributed by atoms with Gasteiger partial charge in [0, 0.05) is 34.6 Å². The number of hydrogen-bond donors (Lipinski definition) is 1. The smallest absolute Gasteiger partial charge is 0.0991 e. The predicted octanol–water partition coefficient (Wildman–Crippen LogP) is 4.80. The highest BCUT2D eigenvalue weighted by Crippen LogP contribution is 2.41. The maximum absolute atomic E-state index is 4.10. The Labute approximate surface area is 150 Å². The molecule has 1 aromatic heterocycles. The van der Waals surface area contributed by atoms with Crippen molar-refractivity contribution in [2.75, 3.05) is 0 Å². The summed E-state index contributed by atoms with van der Waals surface area (Å²) in [6.07, 6.45) is 9.30. The van der Waals surface area contributed by atoms with E-state index >= 15 is 0 Å². The van der Waals surface area contributed by atoms with Gasteiger partial charge in [-0.25, -0.2) is 4.98 Å². The Morgan fingerprint density at radius 3 is 2.38 bits per heavy atom. The van der Waals surface area contributed by atoms with E-state index in [9.17, 15) is 0 Å². The molecule has 1 aliphatic rings. The molecular formula is C20H20BrN3. The van der Waals surface area contributed by atoms with Crippen LogP contribution in [0, 0.1) is 0 Å². The predicted molar refractivity (Wildman–Crippen MR) is 100 cm³/mol. The Bertz CT molecular complexity index is 788. The van der Waals surface area contributed by atoms with Crippen LogP contribution >= 0.6 is 15.9 Å². The number of hydrogen-bond acceptors (Lipinski definition) is 2. The van der Waals surface area contributed by atoms with E-state index in [2.05, 4.69) is 74.8 Å². The van der Waals surface area contributed by atoms with Crippen LogP contribution in [0.2, 0.25) is 0 Å². The molecule has 0 radical (unpaired) electrons. The van der Waals surface area contributed by atoms with Crippen molar-refractivity contribution in [1.82, 2.24) is 14.9 Å². The molecule has 0 unspecified atom stereocenters. The molecule has 4 rings (SSSR count). The van der Waals surface area contributed by atoms with E-state index in [1.807, 2.05) is 17.1 Å². The quantitative estimate of drug-likeness (QED) is 0.687. The van der Waals surface area contributed by atoms with Crippen molar-refractivity contribution < 1.29 is 0 Å². The number of nitrogens with one attached hydrogen (secondary N) is 1. The summed E-state index contributed by atoms with van der Waals surface area (Å²) in [5, 5.41) is 3.80. The number of rotatable bonds is 5. The average Bonchev–Trinajstić information content (AvgIpc) is 3.10. The van der Waals surface area contributed by atoms with Crippen LogP contribution in [0.5, 0.6) is 0 Å². The molecule has 0 spiro atoms. The molecule has 1 N–H and O–H groups in total. The second-order valence-corrected chi connectivity index (χ2v) is 7.35. The lowest BCUT2D eigenvalue weighted by atomic mass is 9.71. The van der Waals surface area contributed by atoms with Crippen molar-refractivity contribution >= 4 is 15.9 Å². The molecule has 1 heterocycles. The van der Waals surface area contributed by atoms with Crippen molar-refractivity contribution in [3.63, 3.8) is 0 Å². The van der Waals surface area contributed by atoms with Gasteiger partial charge in [-0.05, 0) is 54.7 Å². The van der Waals surface area contributed by atoms with Crippen LogP contribution in [0.4, 0.5) is 0 Å². The first-order valence-corrected chi connectivity index (χ1v) is 9.13. The minimum Gasteiger partial charge on any atom is -0.306 e. The van der Waals surface area contributed by atoms with Gasteiger partial charge in [0.15, 0.2) is 0 Å². The highest BCUT2D eigenvalue weighted by atomic mass is 79.9. The summed E-state index contributed by atoms with van der Waals surface area (Å²) < 4.78 is 3.16. The van der Waals surface area contributed by atoms with Crippen molar-refractivity contribution in [3.8, 4) is 5.69 Å². The summed E-state index contributed by atoms with van der Waals surface area (Å²) in [5.74, 6) is 0. The summed E-state index contributed by atoms with van der Waals surface area (Å²) in [6.45, 7) is 0.889. The zero-order valence-corrected chi connectivity index (χ0v) is 15.0.